The van der Waals surface area contributed by atoms with Crippen LogP contribution in [0.25, 0.3) is 11.3 Å². The third-order valence-electron chi connectivity index (χ3n) is 5.74. The maximum atomic E-state index is 13.0. The predicted molar refractivity (Wildman–Crippen MR) is 130 cm³/mol. The number of hydrogen-bond donors (Lipinski definition) is 0. The monoisotopic (exact) mass is 483 g/mol. The normalized spacial score (nSPS) is 13.7. The molecule has 0 spiro atoms. The number of piperazine rings is 1. The summed E-state index contributed by atoms with van der Waals surface area (Å²) in [5.41, 5.74) is 3.62. The Labute approximate surface area is 202 Å². The van der Waals surface area contributed by atoms with Crippen LogP contribution in [0.5, 0.6) is 5.75 Å². The summed E-state index contributed by atoms with van der Waals surface area (Å²) in [6.07, 6.45) is 7.01. The van der Waals surface area contributed by atoms with E-state index in [2.05, 4.69) is 20.9 Å². The van der Waals surface area contributed by atoms with Gasteiger partial charge in [-0.1, -0.05) is 29.1 Å². The summed E-state index contributed by atoms with van der Waals surface area (Å²) in [4.78, 5) is 21.2. The van der Waals surface area contributed by atoms with Gasteiger partial charge in [0.25, 0.3) is 0 Å². The van der Waals surface area contributed by atoms with Crippen LogP contribution in [0.15, 0.2) is 36.5 Å². The molecule has 0 bridgehead atoms. The zero-order chi connectivity index (χ0) is 23.5. The minimum absolute atomic E-state index is 0.00189. The number of pyridine rings is 1. The summed E-state index contributed by atoms with van der Waals surface area (Å²) in [7, 11) is 1.60. The van der Waals surface area contributed by atoms with Crippen molar-refractivity contribution in [1.82, 2.24) is 19.7 Å². The maximum Gasteiger partial charge on any atom is 0.244 e. The molecule has 170 valence electrons. The fourth-order valence-electron chi connectivity index (χ4n) is 3.77. The van der Waals surface area contributed by atoms with Gasteiger partial charge in [-0.05, 0) is 31.2 Å². The third kappa shape index (κ3) is 4.77. The Kier molecular flexibility index (Phi) is 6.77. The average Bonchev–Trinajstić information content (AvgIpc) is 3.13. The Balaban J connectivity index is 1.42. The summed E-state index contributed by atoms with van der Waals surface area (Å²) in [6, 6.07) is 9.27. The predicted octanol–water partition coefficient (Wildman–Crippen LogP) is 3.90. The molecule has 9 heteroatoms. The topological polar surface area (TPSA) is 63.5 Å². The SMILES string of the molecule is C#Cc1ccc(-c2nn(CC(=O)N3CCN(c4ccc(Cl)c(OC)c4)CC3)c(C)c2Cl)cn1. The maximum absolute atomic E-state index is 13.0. The lowest BCUT2D eigenvalue weighted by Crippen LogP contribution is -2.49. The van der Waals surface area contributed by atoms with Gasteiger partial charge in [0.15, 0.2) is 0 Å². The quantitative estimate of drug-likeness (QED) is 0.515. The van der Waals surface area contributed by atoms with Crippen molar-refractivity contribution >= 4 is 34.8 Å². The molecule has 1 amide bonds. The molecule has 1 aliphatic heterocycles. The van der Waals surface area contributed by atoms with Crippen molar-refractivity contribution in [2.75, 3.05) is 38.2 Å². The molecule has 0 radical (unpaired) electrons. The number of aromatic nitrogens is 3. The van der Waals surface area contributed by atoms with Gasteiger partial charge in [-0.2, -0.15) is 5.10 Å². The number of anilines is 1. The summed E-state index contributed by atoms with van der Waals surface area (Å²) in [6.45, 7) is 4.63. The molecule has 33 heavy (non-hydrogen) atoms. The number of carbonyl (C=O) groups excluding carboxylic acids is 1. The van der Waals surface area contributed by atoms with E-state index < -0.39 is 0 Å². The van der Waals surface area contributed by atoms with Crippen molar-refractivity contribution in [3.05, 3.63) is 58.0 Å². The lowest BCUT2D eigenvalue weighted by atomic mass is 10.2. The van der Waals surface area contributed by atoms with Crippen LogP contribution < -0.4 is 9.64 Å². The zero-order valence-electron chi connectivity index (χ0n) is 18.4. The average molecular weight is 484 g/mol. The summed E-state index contributed by atoms with van der Waals surface area (Å²) in [5.74, 6) is 3.12. The van der Waals surface area contributed by atoms with E-state index in [9.17, 15) is 4.79 Å². The van der Waals surface area contributed by atoms with Gasteiger partial charge in [0.2, 0.25) is 5.91 Å². The molecule has 3 heterocycles. The van der Waals surface area contributed by atoms with Crippen LogP contribution in [0.2, 0.25) is 10.0 Å². The molecular formula is C24H23Cl2N5O2. The van der Waals surface area contributed by atoms with E-state index in [0.29, 0.717) is 53.4 Å². The molecule has 7 nitrogen and oxygen atoms in total. The number of nitrogens with zero attached hydrogens (tertiary/aromatic N) is 5. The van der Waals surface area contributed by atoms with Gasteiger partial charge in [0, 0.05) is 49.7 Å². The van der Waals surface area contributed by atoms with E-state index in [0.717, 1.165) is 16.9 Å². The molecule has 1 fully saturated rings. The standard InChI is InChI=1S/C24H23Cl2N5O2/c1-4-18-6-5-17(14-27-18)24-23(26)16(2)31(28-24)15-22(32)30-11-9-29(10-12-30)19-7-8-20(25)21(13-19)33-3/h1,5-8,13-14H,9-12,15H2,2-3H3. The highest BCUT2D eigenvalue weighted by atomic mass is 35.5. The first-order valence-corrected chi connectivity index (χ1v) is 11.2. The number of amides is 1. The van der Waals surface area contributed by atoms with Gasteiger partial charge in [0.1, 0.15) is 23.7 Å². The lowest BCUT2D eigenvalue weighted by Gasteiger charge is -2.36. The Morgan fingerprint density at radius 3 is 2.58 bits per heavy atom. The van der Waals surface area contributed by atoms with E-state index in [1.807, 2.05) is 36.1 Å². The Morgan fingerprint density at radius 1 is 1.18 bits per heavy atom. The molecule has 0 N–H and O–H groups in total. The van der Waals surface area contributed by atoms with Crippen molar-refractivity contribution < 1.29 is 9.53 Å². The molecule has 0 saturated carbocycles. The first kappa shape index (κ1) is 23.0. The van der Waals surface area contributed by atoms with Crippen LogP contribution in [0.1, 0.15) is 11.4 Å². The number of hydrogen-bond acceptors (Lipinski definition) is 5. The van der Waals surface area contributed by atoms with E-state index >= 15 is 0 Å². The van der Waals surface area contributed by atoms with Crippen molar-refractivity contribution in [2.45, 2.75) is 13.5 Å². The fourth-order valence-corrected chi connectivity index (χ4v) is 4.21. The smallest absolute Gasteiger partial charge is 0.244 e. The highest BCUT2D eigenvalue weighted by Gasteiger charge is 2.24. The van der Waals surface area contributed by atoms with E-state index in [-0.39, 0.29) is 12.5 Å². The van der Waals surface area contributed by atoms with E-state index in [1.54, 1.807) is 24.1 Å². The molecule has 0 aliphatic carbocycles. The molecule has 1 aliphatic rings. The van der Waals surface area contributed by atoms with Gasteiger partial charge in [-0.3, -0.25) is 9.48 Å². The number of terminal acetylenes is 1. The second-order valence-electron chi connectivity index (χ2n) is 7.67. The van der Waals surface area contributed by atoms with Crippen LogP contribution in [0.3, 0.4) is 0 Å². The minimum atomic E-state index is -0.00189. The zero-order valence-corrected chi connectivity index (χ0v) is 19.9. The highest BCUT2D eigenvalue weighted by Crippen LogP contribution is 2.31. The van der Waals surface area contributed by atoms with Crippen molar-refractivity contribution in [3.8, 4) is 29.4 Å². The first-order chi connectivity index (χ1) is 15.9. The van der Waals surface area contributed by atoms with Crippen LogP contribution in [0, 0.1) is 19.3 Å². The largest absolute Gasteiger partial charge is 0.495 e. The molecule has 3 aromatic rings. The van der Waals surface area contributed by atoms with E-state index in [1.165, 1.54) is 0 Å². The van der Waals surface area contributed by atoms with E-state index in [4.69, 9.17) is 34.4 Å². The molecule has 0 unspecified atom stereocenters. The summed E-state index contributed by atoms with van der Waals surface area (Å²) < 4.78 is 6.96. The van der Waals surface area contributed by atoms with Crippen LogP contribution in [-0.2, 0) is 11.3 Å². The lowest BCUT2D eigenvalue weighted by molar-refractivity contribution is -0.132. The van der Waals surface area contributed by atoms with Gasteiger partial charge in [-0.15, -0.1) is 6.42 Å². The summed E-state index contributed by atoms with van der Waals surface area (Å²) >= 11 is 12.6. The number of halogens is 2. The second-order valence-corrected chi connectivity index (χ2v) is 8.45. The van der Waals surface area contributed by atoms with Crippen molar-refractivity contribution in [2.24, 2.45) is 0 Å². The van der Waals surface area contributed by atoms with Crippen molar-refractivity contribution in [3.63, 3.8) is 0 Å². The number of carbonyl (C=O) groups is 1. The van der Waals surface area contributed by atoms with Gasteiger partial charge >= 0.3 is 0 Å². The Morgan fingerprint density at radius 2 is 1.94 bits per heavy atom. The molecule has 1 saturated heterocycles. The first-order valence-electron chi connectivity index (χ1n) is 10.4. The Bertz CT molecular complexity index is 1210. The molecular weight excluding hydrogens is 461 g/mol. The molecule has 0 atom stereocenters. The third-order valence-corrected chi connectivity index (χ3v) is 6.50. The molecule has 1 aromatic carbocycles. The van der Waals surface area contributed by atoms with Crippen LogP contribution >= 0.6 is 23.2 Å². The van der Waals surface area contributed by atoms with Crippen LogP contribution in [-0.4, -0.2) is 58.9 Å². The minimum Gasteiger partial charge on any atom is -0.495 e. The fraction of sp³-hybridized carbons (Fsp3) is 0.292. The van der Waals surface area contributed by atoms with Crippen LogP contribution in [0.4, 0.5) is 5.69 Å². The van der Waals surface area contributed by atoms with Gasteiger partial charge in [0.05, 0.1) is 22.8 Å². The number of methoxy groups -OCH3 is 1. The number of rotatable bonds is 5. The molecule has 2 aromatic heterocycles. The van der Waals surface area contributed by atoms with Crippen molar-refractivity contribution in [1.29, 1.82) is 0 Å². The molecule has 4 rings (SSSR count). The Hall–Kier alpha value is -3.21. The second kappa shape index (κ2) is 9.74. The van der Waals surface area contributed by atoms with Gasteiger partial charge in [-0.25, -0.2) is 4.98 Å². The number of ether oxygens (including phenoxy) is 1. The number of benzene rings is 1. The summed E-state index contributed by atoms with van der Waals surface area (Å²) in [5, 5.41) is 5.64. The van der Waals surface area contributed by atoms with Gasteiger partial charge < -0.3 is 14.5 Å². The highest BCUT2D eigenvalue weighted by molar-refractivity contribution is 6.33.